The van der Waals surface area contributed by atoms with Gasteiger partial charge < -0.3 is 18.3 Å². The molecule has 5 heterocycles. The molecule has 0 radical (unpaired) electrons. The van der Waals surface area contributed by atoms with E-state index in [0.717, 1.165) is 145 Å². The van der Waals surface area contributed by atoms with E-state index < -0.39 is 0 Å². The molecule has 0 saturated carbocycles. The van der Waals surface area contributed by atoms with Crippen molar-refractivity contribution in [2.45, 2.75) is 20.8 Å². The second-order valence-corrected chi connectivity index (χ2v) is 27.9. The van der Waals surface area contributed by atoms with Crippen LogP contribution in [0.3, 0.4) is 0 Å². The van der Waals surface area contributed by atoms with Crippen molar-refractivity contribution in [3.63, 3.8) is 0 Å². The maximum atomic E-state index is 13.0. The van der Waals surface area contributed by atoms with Crippen molar-refractivity contribution in [2.75, 3.05) is 0 Å². The van der Waals surface area contributed by atoms with Gasteiger partial charge in [-0.05, 0) is 187 Å². The Balaban J connectivity index is 0.923. The maximum Gasteiger partial charge on any atom is 0.100 e. The summed E-state index contributed by atoms with van der Waals surface area (Å²) in [6, 6.07) is 129. The summed E-state index contributed by atoms with van der Waals surface area (Å²) >= 11 is 0. The van der Waals surface area contributed by atoms with Crippen molar-refractivity contribution in [1.82, 2.24) is 23.3 Å². The lowest BCUT2D eigenvalue weighted by Gasteiger charge is -2.27. The van der Waals surface area contributed by atoms with Gasteiger partial charge >= 0.3 is 0 Å². The fourth-order valence-electron chi connectivity index (χ4n) is 16.9. The third-order valence-electron chi connectivity index (χ3n) is 21.6. The molecule has 0 aliphatic heterocycles. The van der Waals surface area contributed by atoms with Gasteiger partial charge in [0.2, 0.25) is 0 Å². The molecule has 0 N–H and O–H groups in total. The number of fused-ring (bicyclic) bond motifs is 12. The molecule has 0 aliphatic carbocycles. The van der Waals surface area contributed by atoms with Crippen LogP contribution in [0.15, 0.2) is 346 Å². The first-order valence-electron chi connectivity index (χ1n) is 36.0. The largest absolute Gasteiger partial charge is 0.309 e. The lowest BCUT2D eigenvalue weighted by molar-refractivity contribution is 1.18. The Hall–Kier alpha value is -13.9. The first-order valence-corrected chi connectivity index (χ1v) is 36.0. The van der Waals surface area contributed by atoms with E-state index in [4.69, 9.17) is 4.98 Å². The lowest BCUT2D eigenvalue weighted by atomic mass is 9.75. The number of nitriles is 1. The molecule has 492 valence electrons. The number of hydrogen-bond acceptors (Lipinski definition) is 2. The molecule has 0 fully saturated rings. The summed E-state index contributed by atoms with van der Waals surface area (Å²) in [6.07, 6.45) is 0. The maximum absolute atomic E-state index is 13.0. The minimum atomic E-state index is 0.529. The van der Waals surface area contributed by atoms with E-state index in [9.17, 15) is 5.26 Å². The number of benzene rings is 15. The summed E-state index contributed by atoms with van der Waals surface area (Å²) in [6.45, 7) is 6.50. The number of rotatable bonds is 11. The molecule has 0 amide bonds. The van der Waals surface area contributed by atoms with Crippen LogP contribution in [-0.2, 0) is 0 Å². The topological polar surface area (TPSA) is 56.4 Å². The van der Waals surface area contributed by atoms with Gasteiger partial charge in [0.05, 0.1) is 61.1 Å². The zero-order chi connectivity index (χ0) is 70.0. The number of aromatic nitrogens is 5. The van der Waals surface area contributed by atoms with Crippen molar-refractivity contribution in [3.05, 3.63) is 368 Å². The van der Waals surface area contributed by atoms with E-state index in [1.807, 2.05) is 6.07 Å². The van der Waals surface area contributed by atoms with Crippen molar-refractivity contribution in [3.8, 4) is 107 Å². The summed E-state index contributed by atoms with van der Waals surface area (Å²) in [5.74, 6) is 0. The second-order valence-electron chi connectivity index (χ2n) is 27.9. The quantitative estimate of drug-likeness (QED) is 0.130. The number of pyridine rings is 1. The highest BCUT2D eigenvalue weighted by Crippen LogP contribution is 2.55. The van der Waals surface area contributed by atoms with Gasteiger partial charge in [0.25, 0.3) is 0 Å². The van der Waals surface area contributed by atoms with Crippen LogP contribution in [0.2, 0.25) is 0 Å². The predicted octanol–water partition coefficient (Wildman–Crippen LogP) is 25.9. The average molecular weight is 1340 g/mol. The van der Waals surface area contributed by atoms with E-state index in [-0.39, 0.29) is 0 Å². The lowest BCUT2D eigenvalue weighted by Crippen LogP contribution is -2.05. The highest BCUT2D eigenvalue weighted by Gasteiger charge is 2.32. The van der Waals surface area contributed by atoms with Crippen LogP contribution in [0.5, 0.6) is 0 Å². The van der Waals surface area contributed by atoms with Gasteiger partial charge in [0.1, 0.15) is 6.07 Å². The normalized spacial score (nSPS) is 11.8. The fourth-order valence-corrected chi connectivity index (χ4v) is 16.9. The van der Waals surface area contributed by atoms with Gasteiger partial charge in [-0.3, -0.25) is 0 Å². The van der Waals surface area contributed by atoms with Crippen LogP contribution < -0.4 is 0 Å². The molecule has 0 spiro atoms. The molecule has 0 aliphatic rings. The summed E-state index contributed by atoms with van der Waals surface area (Å²) in [5, 5.41) is 22.6. The molecule has 0 saturated heterocycles. The summed E-state index contributed by atoms with van der Waals surface area (Å²) in [5.41, 5.74) is 29.8. The first-order chi connectivity index (χ1) is 51.8. The Labute approximate surface area is 607 Å². The van der Waals surface area contributed by atoms with Crippen LogP contribution in [0.25, 0.3) is 188 Å². The smallest absolute Gasteiger partial charge is 0.100 e. The minimum absolute atomic E-state index is 0.529. The Morgan fingerprint density at radius 3 is 0.876 bits per heavy atom. The highest BCUT2D eigenvalue weighted by atomic mass is 15.0. The van der Waals surface area contributed by atoms with E-state index in [1.165, 1.54) is 59.8 Å². The SMILES string of the molecule is Cc1ccc2c(c1)c1ccccc1n2-c1ccc(-c2c(C#N)c(-c3ccc(-c4ccccc4)nc3-c3ccccc3)c(-c3ccc(-n4c5ccccc5c5cc(C)ccc54)cc3)c(-c3ccc(-n4c5ccccc5c5ccccc54)cc3)c2-c2ccc(-n3c4ccccc4c4cc(C)ccc43)cc2)cc1. The third-order valence-corrected chi connectivity index (χ3v) is 21.6. The van der Waals surface area contributed by atoms with Crippen LogP contribution in [0.4, 0.5) is 0 Å². The molecule has 6 nitrogen and oxygen atoms in total. The Bertz CT molecular complexity index is 6890. The molecule has 15 aromatic carbocycles. The van der Waals surface area contributed by atoms with Crippen molar-refractivity contribution in [1.29, 1.82) is 5.26 Å². The molecule has 0 atom stereocenters. The molecule has 0 bridgehead atoms. The van der Waals surface area contributed by atoms with Gasteiger partial charge in [0, 0.05) is 93.7 Å². The van der Waals surface area contributed by atoms with Crippen LogP contribution in [0.1, 0.15) is 22.3 Å². The fraction of sp³-hybridized carbons (Fsp3) is 0.0303. The Kier molecular flexibility index (Phi) is 14.2. The third kappa shape index (κ3) is 9.81. The van der Waals surface area contributed by atoms with E-state index in [0.29, 0.717) is 5.56 Å². The van der Waals surface area contributed by atoms with E-state index in [2.05, 4.69) is 385 Å². The van der Waals surface area contributed by atoms with Crippen molar-refractivity contribution in [2.24, 2.45) is 0 Å². The van der Waals surface area contributed by atoms with E-state index >= 15 is 0 Å². The van der Waals surface area contributed by atoms with E-state index in [1.54, 1.807) is 0 Å². The average Bonchev–Trinajstić information content (AvgIpc) is 1.65. The number of aryl methyl sites for hydroxylation is 3. The van der Waals surface area contributed by atoms with Crippen LogP contribution in [-0.4, -0.2) is 23.3 Å². The molecular formula is C99H66N6. The molecule has 5 aromatic heterocycles. The minimum Gasteiger partial charge on any atom is -0.309 e. The van der Waals surface area contributed by atoms with Crippen molar-refractivity contribution < 1.29 is 0 Å². The number of para-hydroxylation sites is 5. The van der Waals surface area contributed by atoms with Gasteiger partial charge in [-0.1, -0.05) is 235 Å². The summed E-state index contributed by atoms with van der Waals surface area (Å²) < 4.78 is 9.55. The molecule has 105 heavy (non-hydrogen) atoms. The first kappa shape index (κ1) is 61.0. The zero-order valence-corrected chi connectivity index (χ0v) is 58.1. The van der Waals surface area contributed by atoms with Gasteiger partial charge in [0.15, 0.2) is 0 Å². The summed E-state index contributed by atoms with van der Waals surface area (Å²) in [4.78, 5) is 5.74. The molecule has 6 heteroatoms. The van der Waals surface area contributed by atoms with Gasteiger partial charge in [-0.15, -0.1) is 0 Å². The highest BCUT2D eigenvalue weighted by molar-refractivity contribution is 6.15. The molecule has 20 aromatic rings. The van der Waals surface area contributed by atoms with Gasteiger partial charge in [-0.2, -0.15) is 5.26 Å². The second kappa shape index (κ2) is 24.5. The Morgan fingerprint density at radius 2 is 0.524 bits per heavy atom. The molecular weight excluding hydrogens is 1270 g/mol. The predicted molar refractivity (Wildman–Crippen MR) is 439 cm³/mol. The standard InChI is InChI=1S/C99H66N6/c1-62-34-55-91-81(58-62)77-26-12-17-31-88(77)103(91)72-45-37-66(38-46-72)94-84(61-100)98(80-53-54-85(65-20-6-4-7-21-65)101-99(80)70-22-8-5-9-23-70)97(69-43-51-74(52-44-69)105-90-33-19-14-28-79(90)83-60-64(3)36-57-93(83)105)96(68-41-49-71(50-42-68)102-86-29-15-10-24-75(86)76-25-11-16-30-87(76)102)95(94)67-39-47-73(48-40-67)104-89-32-18-13-27-78(89)82-59-63(2)35-56-92(82)104/h4-60H,1-3H3. The number of nitrogens with zero attached hydrogens (tertiary/aromatic N) is 6. The Morgan fingerprint density at radius 1 is 0.238 bits per heavy atom. The summed E-state index contributed by atoms with van der Waals surface area (Å²) in [7, 11) is 0. The monoisotopic (exact) mass is 1340 g/mol. The number of hydrogen-bond donors (Lipinski definition) is 0. The molecule has 0 unspecified atom stereocenters. The van der Waals surface area contributed by atoms with Crippen molar-refractivity contribution >= 4 is 87.2 Å². The van der Waals surface area contributed by atoms with Crippen LogP contribution >= 0.6 is 0 Å². The van der Waals surface area contributed by atoms with Gasteiger partial charge in [-0.25, -0.2) is 4.98 Å². The van der Waals surface area contributed by atoms with Crippen LogP contribution in [0, 0.1) is 32.1 Å². The zero-order valence-electron chi connectivity index (χ0n) is 58.1. The molecule has 20 rings (SSSR count).